The van der Waals surface area contributed by atoms with Gasteiger partial charge < -0.3 is 10.0 Å². The number of carbonyl (C=O) groups is 1. The Balaban J connectivity index is 2.46. The van der Waals surface area contributed by atoms with Crippen LogP contribution in [0.2, 0.25) is 0 Å². The largest absolute Gasteiger partial charge is 0.389 e. The zero-order chi connectivity index (χ0) is 16.0. The molecule has 0 radical (unpaired) electrons. The topological polar surface area (TPSA) is 40.5 Å². The number of benzene rings is 1. The fourth-order valence-electron chi connectivity index (χ4n) is 1.82. The molecule has 1 N–H and O–H groups in total. The summed E-state index contributed by atoms with van der Waals surface area (Å²) in [6, 6.07) is 3.69. The maximum Gasteiger partial charge on any atom is 0.223 e. The molecule has 0 unspecified atom stereocenters. The smallest absolute Gasteiger partial charge is 0.223 e. The van der Waals surface area contributed by atoms with E-state index in [1.165, 1.54) is 17.8 Å². The molecule has 1 rings (SSSR count). The Hall–Kier alpha value is -1.14. The summed E-state index contributed by atoms with van der Waals surface area (Å²) < 4.78 is 25.8. The van der Waals surface area contributed by atoms with Gasteiger partial charge in [-0.05, 0) is 39.0 Å². The van der Waals surface area contributed by atoms with Crippen molar-refractivity contribution >= 4 is 17.7 Å². The van der Waals surface area contributed by atoms with Crippen LogP contribution in [0.5, 0.6) is 0 Å². The van der Waals surface area contributed by atoms with Gasteiger partial charge >= 0.3 is 0 Å². The highest BCUT2D eigenvalue weighted by molar-refractivity contribution is 7.99. The minimum atomic E-state index is -0.932. The average molecular weight is 317 g/mol. The van der Waals surface area contributed by atoms with Gasteiger partial charge in [-0.1, -0.05) is 0 Å². The number of nitrogens with zero attached hydrogens (tertiary/aromatic N) is 1. The van der Waals surface area contributed by atoms with Crippen LogP contribution in [0, 0.1) is 11.6 Å². The summed E-state index contributed by atoms with van der Waals surface area (Å²) in [6.07, 6.45) is 0.285. The van der Waals surface area contributed by atoms with E-state index in [1.807, 2.05) is 6.92 Å². The van der Waals surface area contributed by atoms with E-state index in [0.29, 0.717) is 17.2 Å². The van der Waals surface area contributed by atoms with Crippen molar-refractivity contribution in [3.8, 4) is 0 Å². The normalized spacial score (nSPS) is 11.5. The molecule has 1 aromatic carbocycles. The van der Waals surface area contributed by atoms with Crippen LogP contribution in [-0.2, 0) is 4.79 Å². The van der Waals surface area contributed by atoms with Crippen LogP contribution in [0.15, 0.2) is 23.1 Å². The number of hydrogen-bond acceptors (Lipinski definition) is 3. The van der Waals surface area contributed by atoms with Gasteiger partial charge in [0, 0.05) is 30.2 Å². The molecule has 3 nitrogen and oxygen atoms in total. The Kier molecular flexibility index (Phi) is 6.61. The molecule has 1 amide bonds. The third-order valence-electron chi connectivity index (χ3n) is 2.79. The van der Waals surface area contributed by atoms with E-state index in [9.17, 15) is 18.7 Å². The third-order valence-corrected chi connectivity index (χ3v) is 3.78. The highest BCUT2D eigenvalue weighted by Crippen LogP contribution is 2.21. The molecule has 118 valence electrons. The molecule has 0 saturated heterocycles. The predicted octanol–water partition coefficient (Wildman–Crippen LogP) is 3.07. The van der Waals surface area contributed by atoms with Crippen LogP contribution in [0.3, 0.4) is 0 Å². The first-order valence-electron chi connectivity index (χ1n) is 6.81. The van der Waals surface area contributed by atoms with E-state index in [1.54, 1.807) is 18.7 Å². The minimum absolute atomic E-state index is 0.0605. The molecule has 0 aliphatic heterocycles. The molecule has 0 spiro atoms. The fraction of sp³-hybridized carbons (Fsp3) is 0.533. The van der Waals surface area contributed by atoms with Crippen LogP contribution in [-0.4, -0.2) is 40.4 Å². The first kappa shape index (κ1) is 17.9. The summed E-state index contributed by atoms with van der Waals surface area (Å²) in [5, 5.41) is 9.75. The predicted molar refractivity (Wildman–Crippen MR) is 80.3 cm³/mol. The van der Waals surface area contributed by atoms with Crippen LogP contribution < -0.4 is 0 Å². The van der Waals surface area contributed by atoms with Crippen molar-refractivity contribution in [3.05, 3.63) is 29.8 Å². The monoisotopic (exact) mass is 317 g/mol. The quantitative estimate of drug-likeness (QED) is 0.786. The van der Waals surface area contributed by atoms with Gasteiger partial charge in [0.15, 0.2) is 11.6 Å². The second-order valence-electron chi connectivity index (χ2n) is 5.39. The van der Waals surface area contributed by atoms with Crippen molar-refractivity contribution in [1.82, 2.24) is 4.90 Å². The van der Waals surface area contributed by atoms with Gasteiger partial charge in [-0.2, -0.15) is 0 Å². The number of halogens is 2. The van der Waals surface area contributed by atoms with E-state index >= 15 is 0 Å². The number of aliphatic hydroxyl groups is 1. The van der Waals surface area contributed by atoms with Gasteiger partial charge in [-0.15, -0.1) is 11.8 Å². The standard InChI is InChI=1S/C15H21F2NO2S/c1-4-18(10-15(2,3)20)14(19)7-8-21-11-5-6-12(16)13(17)9-11/h5-6,9,20H,4,7-8,10H2,1-3H3. The van der Waals surface area contributed by atoms with Gasteiger partial charge in [-0.3, -0.25) is 4.79 Å². The first-order valence-corrected chi connectivity index (χ1v) is 7.79. The van der Waals surface area contributed by atoms with Crippen LogP contribution in [0.4, 0.5) is 8.78 Å². The van der Waals surface area contributed by atoms with E-state index in [0.717, 1.165) is 12.1 Å². The first-order chi connectivity index (χ1) is 9.73. The highest BCUT2D eigenvalue weighted by atomic mass is 32.2. The molecule has 0 atom stereocenters. The molecular weight excluding hydrogens is 296 g/mol. The van der Waals surface area contributed by atoms with Gasteiger partial charge in [0.2, 0.25) is 5.91 Å². The Morgan fingerprint density at radius 1 is 1.33 bits per heavy atom. The van der Waals surface area contributed by atoms with Crippen LogP contribution in [0.1, 0.15) is 27.2 Å². The van der Waals surface area contributed by atoms with E-state index < -0.39 is 17.2 Å². The minimum Gasteiger partial charge on any atom is -0.389 e. The lowest BCUT2D eigenvalue weighted by Gasteiger charge is -2.28. The van der Waals surface area contributed by atoms with E-state index in [-0.39, 0.29) is 18.9 Å². The highest BCUT2D eigenvalue weighted by Gasteiger charge is 2.20. The lowest BCUT2D eigenvalue weighted by atomic mass is 10.1. The average Bonchev–Trinajstić information content (AvgIpc) is 2.39. The van der Waals surface area contributed by atoms with Crippen molar-refractivity contribution < 1.29 is 18.7 Å². The van der Waals surface area contributed by atoms with Gasteiger partial charge in [0.05, 0.1) is 5.60 Å². The van der Waals surface area contributed by atoms with Crippen LogP contribution >= 0.6 is 11.8 Å². The number of rotatable bonds is 7. The van der Waals surface area contributed by atoms with Crippen molar-refractivity contribution in [2.75, 3.05) is 18.8 Å². The second kappa shape index (κ2) is 7.75. The molecule has 6 heteroatoms. The van der Waals surface area contributed by atoms with Gasteiger partial charge in [0.1, 0.15) is 0 Å². The lowest BCUT2D eigenvalue weighted by Crippen LogP contribution is -2.42. The number of carbonyl (C=O) groups excluding carboxylic acids is 1. The lowest BCUT2D eigenvalue weighted by molar-refractivity contribution is -0.133. The molecule has 1 aromatic rings. The fourth-order valence-corrected chi connectivity index (χ4v) is 2.69. The molecular formula is C15H21F2NO2S. The second-order valence-corrected chi connectivity index (χ2v) is 6.56. The molecule has 21 heavy (non-hydrogen) atoms. The van der Waals surface area contributed by atoms with Crippen molar-refractivity contribution in [3.63, 3.8) is 0 Å². The number of hydrogen-bond donors (Lipinski definition) is 1. The third kappa shape index (κ3) is 6.44. The molecule has 0 fully saturated rings. The van der Waals surface area contributed by atoms with Crippen molar-refractivity contribution in [2.45, 2.75) is 37.7 Å². The van der Waals surface area contributed by atoms with Gasteiger partial charge in [0.25, 0.3) is 0 Å². The Labute approximate surface area is 128 Å². The summed E-state index contributed by atoms with van der Waals surface area (Å²) in [5.41, 5.74) is -0.932. The van der Waals surface area contributed by atoms with Gasteiger partial charge in [-0.25, -0.2) is 8.78 Å². The van der Waals surface area contributed by atoms with Crippen molar-refractivity contribution in [1.29, 1.82) is 0 Å². The Morgan fingerprint density at radius 3 is 2.52 bits per heavy atom. The molecule has 0 heterocycles. The number of amides is 1. The van der Waals surface area contributed by atoms with E-state index in [2.05, 4.69) is 0 Å². The van der Waals surface area contributed by atoms with Crippen molar-refractivity contribution in [2.24, 2.45) is 0 Å². The Bertz CT molecular complexity index is 489. The number of likely N-dealkylation sites (N-methyl/N-ethyl adjacent to an activating group) is 1. The molecule has 0 aliphatic rings. The Morgan fingerprint density at radius 2 is 2.00 bits per heavy atom. The summed E-state index contributed by atoms with van der Waals surface area (Å²) in [7, 11) is 0. The zero-order valence-corrected chi connectivity index (χ0v) is 13.3. The summed E-state index contributed by atoms with van der Waals surface area (Å²) in [4.78, 5) is 14.2. The zero-order valence-electron chi connectivity index (χ0n) is 12.5. The molecule has 0 aliphatic carbocycles. The summed E-state index contributed by atoms with van der Waals surface area (Å²) >= 11 is 1.30. The van der Waals surface area contributed by atoms with Crippen LogP contribution in [0.25, 0.3) is 0 Å². The molecule has 0 bridgehead atoms. The molecule has 0 saturated carbocycles. The maximum absolute atomic E-state index is 13.0. The number of thioether (sulfide) groups is 1. The SMILES string of the molecule is CCN(CC(C)(C)O)C(=O)CCSc1ccc(F)c(F)c1. The summed E-state index contributed by atoms with van der Waals surface area (Å²) in [6.45, 7) is 5.96. The molecule has 0 aromatic heterocycles. The van der Waals surface area contributed by atoms with E-state index in [4.69, 9.17) is 0 Å². The maximum atomic E-state index is 13.0. The summed E-state index contributed by atoms with van der Waals surface area (Å²) in [5.74, 6) is -1.34.